The number of imidazole rings is 1. The largest absolute Gasteiger partial charge is 0.339 e. The van der Waals surface area contributed by atoms with Gasteiger partial charge in [-0.1, -0.05) is 13.8 Å². The fraction of sp³-hybridized carbons (Fsp3) is 0.364. The van der Waals surface area contributed by atoms with Crippen molar-refractivity contribution in [3.63, 3.8) is 0 Å². The van der Waals surface area contributed by atoms with Gasteiger partial charge in [0.15, 0.2) is 5.82 Å². The Morgan fingerprint density at radius 2 is 1.86 bits per heavy atom. The van der Waals surface area contributed by atoms with Gasteiger partial charge in [0, 0.05) is 49.1 Å². The van der Waals surface area contributed by atoms with Crippen molar-refractivity contribution in [2.75, 3.05) is 13.1 Å². The Bertz CT molecular complexity index is 990. The first-order valence-corrected chi connectivity index (χ1v) is 9.93. The predicted molar refractivity (Wildman–Crippen MR) is 108 cm³/mol. The second-order valence-electron chi connectivity index (χ2n) is 7.69. The number of amides is 1. The number of carbonyl (C=O) groups is 1. The van der Waals surface area contributed by atoms with E-state index in [9.17, 15) is 9.18 Å². The fourth-order valence-corrected chi connectivity index (χ4v) is 3.77. The quantitative estimate of drug-likeness (QED) is 0.673. The smallest absolute Gasteiger partial charge is 0.253 e. The number of hydrogen-bond acceptors (Lipinski definition) is 4. The minimum Gasteiger partial charge on any atom is -0.339 e. The lowest BCUT2D eigenvalue weighted by Crippen LogP contribution is -2.38. The molecule has 0 spiro atoms. The zero-order valence-electron chi connectivity index (χ0n) is 16.6. The number of aromatic nitrogens is 4. The van der Waals surface area contributed by atoms with Gasteiger partial charge in [0.1, 0.15) is 11.6 Å². The van der Waals surface area contributed by atoms with Crippen LogP contribution in [0.5, 0.6) is 0 Å². The van der Waals surface area contributed by atoms with E-state index in [0.717, 1.165) is 30.2 Å². The standard InChI is InChI=1S/C22H24FN5O/c1-15(2)21-25-9-12-28(21)20-14-24-13-19(26-20)16-7-10-27(11-8-16)22(29)17-3-5-18(23)6-4-17/h3-6,9,12-16H,7-8,10-11H2,1-2H3. The molecular formula is C22H24FN5O. The Morgan fingerprint density at radius 1 is 1.14 bits per heavy atom. The molecule has 0 saturated carbocycles. The molecule has 3 heterocycles. The summed E-state index contributed by atoms with van der Waals surface area (Å²) in [7, 11) is 0. The summed E-state index contributed by atoms with van der Waals surface area (Å²) in [5.41, 5.74) is 1.47. The molecule has 3 aromatic rings. The molecule has 29 heavy (non-hydrogen) atoms. The Kier molecular flexibility index (Phi) is 5.38. The summed E-state index contributed by atoms with van der Waals surface area (Å²) >= 11 is 0. The molecule has 150 valence electrons. The molecule has 0 unspecified atom stereocenters. The lowest BCUT2D eigenvalue weighted by atomic mass is 9.93. The van der Waals surface area contributed by atoms with E-state index in [-0.39, 0.29) is 23.6 Å². The van der Waals surface area contributed by atoms with Crippen LogP contribution in [0, 0.1) is 5.82 Å². The second kappa shape index (κ2) is 8.11. The molecule has 0 radical (unpaired) electrons. The highest BCUT2D eigenvalue weighted by molar-refractivity contribution is 5.94. The maximum absolute atomic E-state index is 13.1. The van der Waals surface area contributed by atoms with Gasteiger partial charge in [0.2, 0.25) is 0 Å². The average Bonchev–Trinajstić information content (AvgIpc) is 3.24. The number of likely N-dealkylation sites (tertiary alicyclic amines) is 1. The SMILES string of the molecule is CC(C)c1nccn1-c1cncc(C2CCN(C(=O)c3ccc(F)cc3)CC2)n1. The summed E-state index contributed by atoms with van der Waals surface area (Å²) in [6, 6.07) is 5.72. The van der Waals surface area contributed by atoms with Crippen molar-refractivity contribution >= 4 is 5.91 Å². The van der Waals surface area contributed by atoms with Crippen LogP contribution in [0.25, 0.3) is 5.82 Å². The van der Waals surface area contributed by atoms with E-state index in [1.165, 1.54) is 24.3 Å². The van der Waals surface area contributed by atoms with Crippen molar-refractivity contribution in [2.24, 2.45) is 0 Å². The zero-order chi connectivity index (χ0) is 20.4. The van der Waals surface area contributed by atoms with Crippen molar-refractivity contribution in [3.05, 3.63) is 72.0 Å². The molecule has 0 aliphatic carbocycles. The van der Waals surface area contributed by atoms with Crippen LogP contribution in [0.1, 0.15) is 60.4 Å². The first-order chi connectivity index (χ1) is 14.0. The minimum absolute atomic E-state index is 0.0525. The highest BCUT2D eigenvalue weighted by Gasteiger charge is 2.26. The van der Waals surface area contributed by atoms with Crippen molar-refractivity contribution in [3.8, 4) is 5.82 Å². The molecule has 1 fully saturated rings. The molecule has 2 aromatic heterocycles. The average molecular weight is 393 g/mol. The van der Waals surface area contributed by atoms with Crippen LogP contribution in [-0.4, -0.2) is 43.4 Å². The maximum atomic E-state index is 13.1. The highest BCUT2D eigenvalue weighted by Crippen LogP contribution is 2.28. The van der Waals surface area contributed by atoms with Crippen LogP contribution < -0.4 is 0 Å². The molecule has 1 aromatic carbocycles. The molecule has 0 N–H and O–H groups in total. The Hall–Kier alpha value is -3.09. The molecule has 1 aliphatic rings. The lowest BCUT2D eigenvalue weighted by molar-refractivity contribution is 0.0712. The summed E-state index contributed by atoms with van der Waals surface area (Å²) in [5.74, 6) is 1.88. The van der Waals surface area contributed by atoms with Gasteiger partial charge in [-0.25, -0.2) is 14.4 Å². The Balaban J connectivity index is 1.45. The summed E-state index contributed by atoms with van der Waals surface area (Å²) in [5, 5.41) is 0. The van der Waals surface area contributed by atoms with Gasteiger partial charge in [-0.05, 0) is 37.1 Å². The van der Waals surface area contributed by atoms with E-state index in [2.05, 4.69) is 23.8 Å². The minimum atomic E-state index is -0.336. The van der Waals surface area contributed by atoms with Crippen molar-refractivity contribution in [1.29, 1.82) is 0 Å². The van der Waals surface area contributed by atoms with E-state index in [0.29, 0.717) is 18.7 Å². The van der Waals surface area contributed by atoms with Crippen molar-refractivity contribution < 1.29 is 9.18 Å². The zero-order valence-corrected chi connectivity index (χ0v) is 16.6. The van der Waals surface area contributed by atoms with Gasteiger partial charge < -0.3 is 4.90 Å². The van der Waals surface area contributed by atoms with E-state index in [1.54, 1.807) is 12.4 Å². The normalized spacial score (nSPS) is 15.1. The van der Waals surface area contributed by atoms with Crippen molar-refractivity contribution in [1.82, 2.24) is 24.4 Å². The summed E-state index contributed by atoms with van der Waals surface area (Å²) < 4.78 is 15.1. The molecule has 6 nitrogen and oxygen atoms in total. The molecule has 1 amide bonds. The van der Waals surface area contributed by atoms with E-state index < -0.39 is 0 Å². The topological polar surface area (TPSA) is 63.9 Å². The third kappa shape index (κ3) is 4.04. The summed E-state index contributed by atoms with van der Waals surface area (Å²) in [6.45, 7) is 5.50. The van der Waals surface area contributed by atoms with Crippen LogP contribution in [0.4, 0.5) is 4.39 Å². The number of halogens is 1. The van der Waals surface area contributed by atoms with Crippen LogP contribution in [0.2, 0.25) is 0 Å². The summed E-state index contributed by atoms with van der Waals surface area (Å²) in [6.07, 6.45) is 8.91. The third-order valence-electron chi connectivity index (χ3n) is 5.36. The first-order valence-electron chi connectivity index (χ1n) is 9.93. The number of benzene rings is 1. The van der Waals surface area contributed by atoms with Crippen LogP contribution in [-0.2, 0) is 0 Å². The molecule has 7 heteroatoms. The van der Waals surface area contributed by atoms with Gasteiger partial charge >= 0.3 is 0 Å². The van der Waals surface area contributed by atoms with E-state index in [1.807, 2.05) is 21.9 Å². The van der Waals surface area contributed by atoms with Crippen LogP contribution >= 0.6 is 0 Å². The lowest BCUT2D eigenvalue weighted by Gasteiger charge is -2.31. The van der Waals surface area contributed by atoms with Crippen molar-refractivity contribution in [2.45, 2.75) is 38.5 Å². The van der Waals surface area contributed by atoms with Gasteiger partial charge in [-0.2, -0.15) is 0 Å². The van der Waals surface area contributed by atoms with Crippen LogP contribution in [0.15, 0.2) is 49.1 Å². The highest BCUT2D eigenvalue weighted by atomic mass is 19.1. The maximum Gasteiger partial charge on any atom is 0.253 e. The first kappa shape index (κ1) is 19.2. The van der Waals surface area contributed by atoms with Gasteiger partial charge in [0.05, 0.1) is 11.9 Å². The fourth-order valence-electron chi connectivity index (χ4n) is 3.77. The number of rotatable bonds is 4. The molecular weight excluding hydrogens is 369 g/mol. The Labute approximate surface area is 169 Å². The molecule has 0 atom stereocenters. The van der Waals surface area contributed by atoms with Gasteiger partial charge in [-0.15, -0.1) is 0 Å². The second-order valence-corrected chi connectivity index (χ2v) is 7.69. The summed E-state index contributed by atoms with van der Waals surface area (Å²) in [4.78, 5) is 28.1. The Morgan fingerprint density at radius 3 is 2.55 bits per heavy atom. The number of nitrogens with zero attached hydrogens (tertiary/aromatic N) is 5. The predicted octanol–water partition coefficient (Wildman–Crippen LogP) is 3.94. The third-order valence-corrected chi connectivity index (χ3v) is 5.36. The van der Waals surface area contributed by atoms with E-state index >= 15 is 0 Å². The van der Waals surface area contributed by atoms with Gasteiger partial charge in [-0.3, -0.25) is 14.3 Å². The number of carbonyl (C=O) groups excluding carboxylic acids is 1. The molecule has 0 bridgehead atoms. The number of hydrogen-bond donors (Lipinski definition) is 0. The molecule has 4 rings (SSSR count). The molecule has 1 saturated heterocycles. The van der Waals surface area contributed by atoms with Crippen LogP contribution in [0.3, 0.4) is 0 Å². The van der Waals surface area contributed by atoms with E-state index in [4.69, 9.17) is 4.98 Å². The number of piperidine rings is 1. The van der Waals surface area contributed by atoms with Gasteiger partial charge in [0.25, 0.3) is 5.91 Å². The monoisotopic (exact) mass is 393 g/mol. The molecule has 1 aliphatic heterocycles.